The Kier molecular flexibility index (Phi) is 1.95. The highest BCUT2D eigenvalue weighted by atomic mass is 16.3. The molecule has 0 aromatic rings. The molecule has 0 heterocycles. The van der Waals surface area contributed by atoms with E-state index in [1.807, 2.05) is 0 Å². The third-order valence-corrected chi connectivity index (χ3v) is 3.45. The van der Waals surface area contributed by atoms with Gasteiger partial charge >= 0.3 is 0 Å². The summed E-state index contributed by atoms with van der Waals surface area (Å²) in [6, 6.07) is 0. The summed E-state index contributed by atoms with van der Waals surface area (Å²) in [6.07, 6.45) is 7.09. The predicted molar refractivity (Wildman–Crippen MR) is 45.8 cm³/mol. The molecule has 0 aromatic carbocycles. The summed E-state index contributed by atoms with van der Waals surface area (Å²) < 4.78 is 0. The number of carbonyl (C=O) groups excluding carboxylic acids is 1. The van der Waals surface area contributed by atoms with Gasteiger partial charge in [-0.05, 0) is 12.8 Å². The Morgan fingerprint density at radius 3 is 2.75 bits per heavy atom. The SMILES string of the molecule is O=C1C[C@@H]2CCCCCC[C@@]12O. The highest BCUT2D eigenvalue weighted by Crippen LogP contribution is 2.43. The zero-order chi connectivity index (χ0) is 8.60. The van der Waals surface area contributed by atoms with Crippen molar-refractivity contribution in [2.75, 3.05) is 0 Å². The van der Waals surface area contributed by atoms with Crippen molar-refractivity contribution in [3.8, 4) is 0 Å². The van der Waals surface area contributed by atoms with Gasteiger partial charge in [0.1, 0.15) is 5.60 Å². The van der Waals surface area contributed by atoms with E-state index in [2.05, 4.69) is 0 Å². The van der Waals surface area contributed by atoms with Crippen LogP contribution in [0.2, 0.25) is 0 Å². The first-order valence-electron chi connectivity index (χ1n) is 4.99. The van der Waals surface area contributed by atoms with Gasteiger partial charge in [0.2, 0.25) is 0 Å². The molecular weight excluding hydrogens is 152 g/mol. The van der Waals surface area contributed by atoms with Crippen molar-refractivity contribution in [1.82, 2.24) is 0 Å². The summed E-state index contributed by atoms with van der Waals surface area (Å²) in [6.45, 7) is 0. The van der Waals surface area contributed by atoms with E-state index in [4.69, 9.17) is 0 Å². The van der Waals surface area contributed by atoms with Crippen LogP contribution in [0.1, 0.15) is 44.9 Å². The molecule has 68 valence electrons. The van der Waals surface area contributed by atoms with Crippen molar-refractivity contribution in [3.63, 3.8) is 0 Å². The first-order chi connectivity index (χ1) is 5.73. The standard InChI is InChI=1S/C10H16O2/c11-9-7-8-5-3-1-2-4-6-10(8,9)12/h8,12H,1-7H2/t8-,10-/m0/s1. The Labute approximate surface area is 73.0 Å². The summed E-state index contributed by atoms with van der Waals surface area (Å²) in [5.74, 6) is 0.389. The number of ketones is 1. The minimum absolute atomic E-state index is 0.0920. The number of hydrogen-bond acceptors (Lipinski definition) is 2. The molecule has 2 aliphatic rings. The van der Waals surface area contributed by atoms with Gasteiger partial charge in [-0.3, -0.25) is 4.79 Å². The van der Waals surface area contributed by atoms with Gasteiger partial charge in [-0.1, -0.05) is 25.7 Å². The molecule has 0 spiro atoms. The van der Waals surface area contributed by atoms with Crippen LogP contribution in [-0.4, -0.2) is 16.5 Å². The molecule has 0 radical (unpaired) electrons. The van der Waals surface area contributed by atoms with E-state index in [1.165, 1.54) is 19.3 Å². The highest BCUT2D eigenvalue weighted by Gasteiger charge is 2.52. The van der Waals surface area contributed by atoms with Gasteiger partial charge in [0, 0.05) is 12.3 Å². The smallest absolute Gasteiger partial charge is 0.165 e. The van der Waals surface area contributed by atoms with Crippen molar-refractivity contribution in [3.05, 3.63) is 0 Å². The monoisotopic (exact) mass is 168 g/mol. The number of carbonyl (C=O) groups is 1. The predicted octanol–water partition coefficient (Wildman–Crippen LogP) is 1.66. The summed E-state index contributed by atoms with van der Waals surface area (Å²) >= 11 is 0. The van der Waals surface area contributed by atoms with Crippen molar-refractivity contribution in [2.45, 2.75) is 50.5 Å². The maximum atomic E-state index is 11.2. The van der Waals surface area contributed by atoms with Crippen LogP contribution in [-0.2, 0) is 4.79 Å². The fraction of sp³-hybridized carbons (Fsp3) is 0.900. The normalized spacial score (nSPS) is 42.4. The van der Waals surface area contributed by atoms with Gasteiger partial charge in [-0.2, -0.15) is 0 Å². The van der Waals surface area contributed by atoms with Crippen molar-refractivity contribution < 1.29 is 9.90 Å². The van der Waals surface area contributed by atoms with E-state index in [-0.39, 0.29) is 5.78 Å². The average Bonchev–Trinajstić information content (AvgIpc) is 2.06. The Hall–Kier alpha value is -0.370. The molecule has 1 N–H and O–H groups in total. The fourth-order valence-electron chi connectivity index (χ4n) is 2.49. The van der Waals surface area contributed by atoms with Crippen LogP contribution in [0.15, 0.2) is 0 Å². The largest absolute Gasteiger partial charge is 0.382 e. The number of fused-ring (bicyclic) bond motifs is 1. The van der Waals surface area contributed by atoms with Gasteiger partial charge in [0.15, 0.2) is 5.78 Å². The Morgan fingerprint density at radius 2 is 2.00 bits per heavy atom. The van der Waals surface area contributed by atoms with Crippen LogP contribution in [0.4, 0.5) is 0 Å². The van der Waals surface area contributed by atoms with Crippen LogP contribution >= 0.6 is 0 Å². The quantitative estimate of drug-likeness (QED) is 0.597. The van der Waals surface area contributed by atoms with Crippen LogP contribution < -0.4 is 0 Å². The van der Waals surface area contributed by atoms with Crippen LogP contribution in [0, 0.1) is 5.92 Å². The number of rotatable bonds is 0. The molecule has 2 nitrogen and oxygen atoms in total. The molecule has 2 heteroatoms. The maximum Gasteiger partial charge on any atom is 0.165 e. The molecule has 12 heavy (non-hydrogen) atoms. The lowest BCUT2D eigenvalue weighted by Gasteiger charge is -2.45. The second-order valence-electron chi connectivity index (χ2n) is 4.20. The van der Waals surface area contributed by atoms with E-state index in [0.29, 0.717) is 12.3 Å². The van der Waals surface area contributed by atoms with Gasteiger partial charge < -0.3 is 5.11 Å². The van der Waals surface area contributed by atoms with Gasteiger partial charge in [0.25, 0.3) is 0 Å². The van der Waals surface area contributed by atoms with E-state index >= 15 is 0 Å². The molecule has 2 atom stereocenters. The third-order valence-electron chi connectivity index (χ3n) is 3.45. The van der Waals surface area contributed by atoms with Crippen LogP contribution in [0.3, 0.4) is 0 Å². The van der Waals surface area contributed by atoms with E-state index < -0.39 is 5.60 Å². The topological polar surface area (TPSA) is 37.3 Å². The Balaban J connectivity index is 2.05. The van der Waals surface area contributed by atoms with Crippen molar-refractivity contribution >= 4 is 5.78 Å². The minimum atomic E-state index is -0.888. The average molecular weight is 168 g/mol. The molecule has 0 saturated heterocycles. The third kappa shape index (κ3) is 1.09. The first-order valence-corrected chi connectivity index (χ1v) is 4.99. The minimum Gasteiger partial charge on any atom is -0.382 e. The lowest BCUT2D eigenvalue weighted by atomic mass is 9.63. The summed E-state index contributed by atoms with van der Waals surface area (Å²) in [5.41, 5.74) is -0.888. The number of hydrogen-bond donors (Lipinski definition) is 1. The van der Waals surface area contributed by atoms with Crippen LogP contribution in [0.25, 0.3) is 0 Å². The number of aliphatic hydroxyl groups is 1. The molecule has 0 amide bonds. The summed E-state index contributed by atoms with van der Waals surface area (Å²) in [4.78, 5) is 11.2. The molecule has 0 aromatic heterocycles. The summed E-state index contributed by atoms with van der Waals surface area (Å²) in [5, 5.41) is 9.95. The zero-order valence-corrected chi connectivity index (χ0v) is 7.38. The Bertz CT molecular complexity index is 200. The molecule has 2 aliphatic carbocycles. The molecule has 0 bridgehead atoms. The van der Waals surface area contributed by atoms with E-state index in [0.717, 1.165) is 19.3 Å². The maximum absolute atomic E-state index is 11.2. The van der Waals surface area contributed by atoms with E-state index in [1.54, 1.807) is 0 Å². The zero-order valence-electron chi connectivity index (χ0n) is 7.38. The molecule has 0 aliphatic heterocycles. The van der Waals surface area contributed by atoms with E-state index in [9.17, 15) is 9.90 Å². The molecule has 0 unspecified atom stereocenters. The fourth-order valence-corrected chi connectivity index (χ4v) is 2.49. The van der Waals surface area contributed by atoms with Crippen molar-refractivity contribution in [1.29, 1.82) is 0 Å². The number of Topliss-reactive ketones (excluding diaryl/α,β-unsaturated/α-hetero) is 1. The second-order valence-corrected chi connectivity index (χ2v) is 4.20. The Morgan fingerprint density at radius 1 is 1.25 bits per heavy atom. The van der Waals surface area contributed by atoms with Crippen LogP contribution in [0.5, 0.6) is 0 Å². The van der Waals surface area contributed by atoms with Gasteiger partial charge in [0.05, 0.1) is 0 Å². The first kappa shape index (κ1) is 8.24. The molecule has 2 saturated carbocycles. The molecular formula is C10H16O2. The summed E-state index contributed by atoms with van der Waals surface area (Å²) in [7, 11) is 0. The second kappa shape index (κ2) is 2.84. The van der Waals surface area contributed by atoms with Gasteiger partial charge in [-0.15, -0.1) is 0 Å². The molecule has 2 rings (SSSR count). The lowest BCUT2D eigenvalue weighted by Crippen LogP contribution is -2.56. The van der Waals surface area contributed by atoms with Gasteiger partial charge in [-0.25, -0.2) is 0 Å². The lowest BCUT2D eigenvalue weighted by molar-refractivity contribution is -0.165. The molecule has 2 fully saturated rings. The van der Waals surface area contributed by atoms with Crippen molar-refractivity contribution in [2.24, 2.45) is 5.92 Å². The highest BCUT2D eigenvalue weighted by molar-refractivity contribution is 5.93.